The Bertz CT molecular complexity index is 664. The first-order chi connectivity index (χ1) is 11.9. The summed E-state index contributed by atoms with van der Waals surface area (Å²) in [6.07, 6.45) is -0.259. The maximum atomic E-state index is 12.2. The van der Waals surface area contributed by atoms with Crippen molar-refractivity contribution < 1.29 is 24.3 Å². The van der Waals surface area contributed by atoms with Crippen LogP contribution in [-0.4, -0.2) is 53.5 Å². The molecule has 0 spiro atoms. The molecule has 0 saturated carbocycles. The van der Waals surface area contributed by atoms with Crippen molar-refractivity contribution in [3.8, 4) is 0 Å². The number of carboxylic acid groups (broad SMARTS) is 1. The third-order valence-corrected chi connectivity index (χ3v) is 3.86. The summed E-state index contributed by atoms with van der Waals surface area (Å²) in [5, 5.41) is 16.8. The first-order valence-corrected chi connectivity index (χ1v) is 7.77. The Kier molecular flexibility index (Phi) is 6.07. The van der Waals surface area contributed by atoms with Crippen LogP contribution in [0.25, 0.3) is 0 Å². The number of primary amides is 1. The monoisotopic (exact) mass is 348 g/mol. The van der Waals surface area contributed by atoms with Gasteiger partial charge in [0.05, 0.1) is 12.5 Å². The Morgan fingerprint density at radius 3 is 2.52 bits per heavy atom. The first kappa shape index (κ1) is 18.4. The van der Waals surface area contributed by atoms with Crippen LogP contribution in [0.5, 0.6) is 0 Å². The number of benzene rings is 1. The molecule has 25 heavy (non-hydrogen) atoms. The number of aliphatic carboxylic acids is 1. The lowest BCUT2D eigenvalue weighted by molar-refractivity contribution is -0.140. The van der Waals surface area contributed by atoms with Gasteiger partial charge in [-0.05, 0) is 18.6 Å². The molecule has 0 bridgehead atoms. The number of nitrogens with two attached hydrogens (primary N) is 1. The van der Waals surface area contributed by atoms with Crippen LogP contribution in [-0.2, 0) is 14.4 Å². The molecule has 134 valence electrons. The van der Waals surface area contributed by atoms with Crippen molar-refractivity contribution in [3.05, 3.63) is 35.9 Å². The maximum absolute atomic E-state index is 12.2. The largest absolute Gasteiger partial charge is 0.481 e. The van der Waals surface area contributed by atoms with Crippen LogP contribution in [0.2, 0.25) is 0 Å². The Hall–Kier alpha value is -2.94. The van der Waals surface area contributed by atoms with Gasteiger partial charge in [0.15, 0.2) is 0 Å². The molecule has 3 amide bonds. The quantitative estimate of drug-likeness (QED) is 0.408. The summed E-state index contributed by atoms with van der Waals surface area (Å²) in [7, 11) is 0. The van der Waals surface area contributed by atoms with Gasteiger partial charge in [-0.3, -0.25) is 19.2 Å². The van der Waals surface area contributed by atoms with E-state index in [9.17, 15) is 19.2 Å². The van der Waals surface area contributed by atoms with Gasteiger partial charge in [0.2, 0.25) is 11.8 Å². The molecular formula is C16H20N4O5. The summed E-state index contributed by atoms with van der Waals surface area (Å²) in [4.78, 5) is 46.2. The molecule has 3 unspecified atom stereocenters. The third-order valence-electron chi connectivity index (χ3n) is 3.86. The van der Waals surface area contributed by atoms with Gasteiger partial charge in [-0.1, -0.05) is 18.2 Å². The smallest absolute Gasteiger partial charge is 0.305 e. The van der Waals surface area contributed by atoms with Crippen molar-refractivity contribution in [1.82, 2.24) is 16.0 Å². The van der Waals surface area contributed by atoms with E-state index in [0.717, 1.165) is 0 Å². The molecule has 9 heteroatoms. The predicted octanol–water partition coefficient (Wildman–Crippen LogP) is -1.41. The number of nitrogens with one attached hydrogen (secondary N) is 3. The molecule has 6 N–H and O–H groups in total. The zero-order valence-electron chi connectivity index (χ0n) is 13.4. The van der Waals surface area contributed by atoms with Gasteiger partial charge < -0.3 is 26.8 Å². The fourth-order valence-corrected chi connectivity index (χ4v) is 2.57. The maximum Gasteiger partial charge on any atom is 0.305 e. The summed E-state index contributed by atoms with van der Waals surface area (Å²) in [5.41, 5.74) is 5.61. The van der Waals surface area contributed by atoms with Gasteiger partial charge in [-0.15, -0.1) is 0 Å². The molecule has 9 nitrogen and oxygen atoms in total. The van der Waals surface area contributed by atoms with Gasteiger partial charge >= 0.3 is 5.97 Å². The number of hydrogen-bond acceptors (Lipinski definition) is 5. The highest BCUT2D eigenvalue weighted by atomic mass is 16.4. The Labute approximate surface area is 144 Å². The number of rotatable bonds is 7. The molecule has 1 saturated heterocycles. The van der Waals surface area contributed by atoms with Gasteiger partial charge in [-0.25, -0.2) is 0 Å². The van der Waals surface area contributed by atoms with E-state index in [0.29, 0.717) is 18.5 Å². The van der Waals surface area contributed by atoms with Crippen molar-refractivity contribution in [2.75, 3.05) is 6.54 Å². The number of carboxylic acids is 1. The SMILES string of the molecule is NC(=O)C(CC(=O)O)NC(=O)C1CC(NC(=O)c2ccccc2)CN1. The lowest BCUT2D eigenvalue weighted by Crippen LogP contribution is -2.51. The van der Waals surface area contributed by atoms with E-state index >= 15 is 0 Å². The minimum Gasteiger partial charge on any atom is -0.481 e. The average Bonchev–Trinajstić information content (AvgIpc) is 3.03. The standard InChI is InChI=1S/C16H20N4O5/c17-14(23)11(7-13(21)22)20-16(25)12-6-10(8-18-12)19-15(24)9-4-2-1-3-5-9/h1-5,10-12,18H,6-8H2,(H2,17,23)(H,19,24)(H,20,25)(H,21,22). The molecule has 0 radical (unpaired) electrons. The normalized spacial score (nSPS) is 20.5. The number of carbonyl (C=O) groups is 4. The van der Waals surface area contributed by atoms with Crippen molar-refractivity contribution in [3.63, 3.8) is 0 Å². The topological polar surface area (TPSA) is 151 Å². The minimum atomic E-state index is -1.27. The van der Waals surface area contributed by atoms with E-state index in [1.807, 2.05) is 0 Å². The number of carbonyl (C=O) groups excluding carboxylic acids is 3. The zero-order valence-corrected chi connectivity index (χ0v) is 13.4. The van der Waals surface area contributed by atoms with E-state index in [4.69, 9.17) is 10.8 Å². The van der Waals surface area contributed by atoms with Crippen LogP contribution < -0.4 is 21.7 Å². The highest BCUT2D eigenvalue weighted by Gasteiger charge is 2.32. The lowest BCUT2D eigenvalue weighted by Gasteiger charge is -2.17. The molecule has 0 aliphatic carbocycles. The second kappa shape index (κ2) is 8.25. The van der Waals surface area contributed by atoms with E-state index in [1.165, 1.54) is 0 Å². The van der Waals surface area contributed by atoms with Crippen LogP contribution in [0.1, 0.15) is 23.2 Å². The van der Waals surface area contributed by atoms with Crippen LogP contribution in [0.15, 0.2) is 30.3 Å². The third kappa shape index (κ3) is 5.28. The highest BCUT2D eigenvalue weighted by Crippen LogP contribution is 2.09. The molecule has 0 aromatic heterocycles. The lowest BCUT2D eigenvalue weighted by atomic mass is 10.1. The molecule has 1 aromatic rings. The first-order valence-electron chi connectivity index (χ1n) is 7.77. The fourth-order valence-electron chi connectivity index (χ4n) is 2.57. The van der Waals surface area contributed by atoms with E-state index in [-0.39, 0.29) is 11.9 Å². The Morgan fingerprint density at radius 1 is 1.24 bits per heavy atom. The second-order valence-corrected chi connectivity index (χ2v) is 5.79. The van der Waals surface area contributed by atoms with Crippen molar-refractivity contribution in [1.29, 1.82) is 0 Å². The molecule has 2 rings (SSSR count). The van der Waals surface area contributed by atoms with Gasteiger partial charge in [0.25, 0.3) is 5.91 Å². The van der Waals surface area contributed by atoms with Crippen LogP contribution in [0.4, 0.5) is 0 Å². The van der Waals surface area contributed by atoms with E-state index < -0.39 is 36.3 Å². The van der Waals surface area contributed by atoms with Crippen LogP contribution >= 0.6 is 0 Å². The van der Waals surface area contributed by atoms with Gasteiger partial charge in [0.1, 0.15) is 6.04 Å². The van der Waals surface area contributed by atoms with Gasteiger partial charge in [0, 0.05) is 18.2 Å². The average molecular weight is 348 g/mol. The Morgan fingerprint density at radius 2 is 1.92 bits per heavy atom. The summed E-state index contributed by atoms with van der Waals surface area (Å²) in [5.74, 6) is -2.92. The van der Waals surface area contributed by atoms with Crippen LogP contribution in [0, 0.1) is 0 Å². The van der Waals surface area contributed by atoms with Crippen LogP contribution in [0.3, 0.4) is 0 Å². The molecule has 3 atom stereocenters. The number of hydrogen-bond donors (Lipinski definition) is 5. The molecule has 1 aliphatic rings. The summed E-state index contributed by atoms with van der Waals surface area (Å²) >= 11 is 0. The molecular weight excluding hydrogens is 328 g/mol. The van der Waals surface area contributed by atoms with Crippen molar-refractivity contribution in [2.45, 2.75) is 31.0 Å². The van der Waals surface area contributed by atoms with Crippen molar-refractivity contribution >= 4 is 23.7 Å². The minimum absolute atomic E-state index is 0.241. The van der Waals surface area contributed by atoms with Gasteiger partial charge in [-0.2, -0.15) is 0 Å². The highest BCUT2D eigenvalue weighted by molar-refractivity contribution is 5.94. The Balaban J connectivity index is 1.87. The summed E-state index contributed by atoms with van der Waals surface area (Å²) in [6, 6.07) is 6.52. The van der Waals surface area contributed by atoms with Crippen molar-refractivity contribution in [2.24, 2.45) is 5.73 Å². The molecule has 1 fully saturated rings. The van der Waals surface area contributed by atoms with E-state index in [2.05, 4.69) is 16.0 Å². The molecule has 1 heterocycles. The second-order valence-electron chi connectivity index (χ2n) is 5.79. The molecule has 1 aliphatic heterocycles. The van der Waals surface area contributed by atoms with E-state index in [1.54, 1.807) is 30.3 Å². The summed E-state index contributed by atoms with van der Waals surface area (Å²) < 4.78 is 0. The zero-order chi connectivity index (χ0) is 18.4. The fraction of sp³-hybridized carbons (Fsp3) is 0.375. The number of amides is 3. The molecule has 1 aromatic carbocycles. The summed E-state index contributed by atoms with van der Waals surface area (Å²) in [6.45, 7) is 0.386. The predicted molar refractivity (Wildman–Crippen MR) is 87.5 cm³/mol.